The van der Waals surface area contributed by atoms with E-state index in [4.69, 9.17) is 11.5 Å². The Morgan fingerprint density at radius 3 is 2.65 bits per heavy atom. The predicted octanol–water partition coefficient (Wildman–Crippen LogP) is 1.51. The lowest BCUT2D eigenvalue weighted by atomic mass is 10.4. The Hall–Kier alpha value is -1.58. The molecule has 5 N–H and O–H groups in total. The Balaban J connectivity index is 2.41. The Morgan fingerprint density at radius 1 is 1.45 bits per heavy atom. The van der Waals surface area contributed by atoms with E-state index in [0.29, 0.717) is 11.5 Å². The SMILES string of the molecule is CS(=O)(=O)c1c(NCc2cccs2)sc(C(N)=O)c1N. The fourth-order valence-corrected chi connectivity index (χ4v) is 4.74. The van der Waals surface area contributed by atoms with E-state index in [1.54, 1.807) is 11.3 Å². The van der Waals surface area contributed by atoms with Crippen LogP contribution in [-0.4, -0.2) is 20.6 Å². The molecule has 0 aliphatic carbocycles. The zero-order chi connectivity index (χ0) is 14.9. The minimum absolute atomic E-state index is 0.0547. The molecule has 9 heteroatoms. The van der Waals surface area contributed by atoms with Crippen molar-refractivity contribution in [3.05, 3.63) is 27.3 Å². The summed E-state index contributed by atoms with van der Waals surface area (Å²) in [6.07, 6.45) is 1.05. The van der Waals surface area contributed by atoms with Crippen LogP contribution in [-0.2, 0) is 16.4 Å². The van der Waals surface area contributed by atoms with Crippen molar-refractivity contribution < 1.29 is 13.2 Å². The quantitative estimate of drug-likeness (QED) is 0.768. The van der Waals surface area contributed by atoms with E-state index >= 15 is 0 Å². The van der Waals surface area contributed by atoms with Crippen LogP contribution in [0.1, 0.15) is 14.5 Å². The molecule has 6 nitrogen and oxygen atoms in total. The summed E-state index contributed by atoms with van der Waals surface area (Å²) >= 11 is 2.50. The highest BCUT2D eigenvalue weighted by atomic mass is 32.2. The van der Waals surface area contributed by atoms with Gasteiger partial charge in [-0.15, -0.1) is 22.7 Å². The Labute approximate surface area is 124 Å². The zero-order valence-corrected chi connectivity index (χ0v) is 13.0. The van der Waals surface area contributed by atoms with Crippen molar-refractivity contribution in [1.82, 2.24) is 0 Å². The van der Waals surface area contributed by atoms with Crippen molar-refractivity contribution in [3.8, 4) is 0 Å². The number of nitrogen functional groups attached to an aromatic ring is 1. The van der Waals surface area contributed by atoms with Crippen LogP contribution in [0, 0.1) is 0 Å². The zero-order valence-electron chi connectivity index (χ0n) is 10.5. The maximum Gasteiger partial charge on any atom is 0.261 e. The summed E-state index contributed by atoms with van der Waals surface area (Å²) in [4.78, 5) is 12.3. The van der Waals surface area contributed by atoms with E-state index < -0.39 is 15.7 Å². The molecule has 20 heavy (non-hydrogen) atoms. The number of carbonyl (C=O) groups excluding carboxylic acids is 1. The van der Waals surface area contributed by atoms with Gasteiger partial charge < -0.3 is 16.8 Å². The first-order valence-electron chi connectivity index (χ1n) is 5.49. The molecule has 0 aliphatic rings. The number of thiophene rings is 2. The molecule has 0 bridgehead atoms. The third kappa shape index (κ3) is 2.94. The van der Waals surface area contributed by atoms with Crippen LogP contribution >= 0.6 is 22.7 Å². The van der Waals surface area contributed by atoms with Crippen LogP contribution in [0.2, 0.25) is 0 Å². The maximum absolute atomic E-state index is 11.8. The average molecular weight is 331 g/mol. The highest BCUT2D eigenvalue weighted by Gasteiger charge is 2.26. The fraction of sp³-hybridized carbons (Fsp3) is 0.182. The number of carbonyl (C=O) groups is 1. The van der Waals surface area contributed by atoms with Crippen LogP contribution in [0.3, 0.4) is 0 Å². The highest BCUT2D eigenvalue weighted by Crippen LogP contribution is 2.39. The van der Waals surface area contributed by atoms with E-state index in [2.05, 4.69) is 5.32 Å². The molecule has 2 heterocycles. The minimum atomic E-state index is -3.55. The molecule has 0 radical (unpaired) electrons. The number of sulfone groups is 1. The number of rotatable bonds is 5. The van der Waals surface area contributed by atoms with Crippen molar-refractivity contribution >= 4 is 49.1 Å². The number of anilines is 2. The molecular weight excluding hydrogens is 318 g/mol. The number of nitrogens with one attached hydrogen (secondary N) is 1. The molecule has 0 unspecified atom stereocenters. The molecule has 0 saturated heterocycles. The molecule has 0 aromatic carbocycles. The molecule has 1 amide bonds. The normalized spacial score (nSPS) is 11.4. The minimum Gasteiger partial charge on any atom is -0.396 e. The second-order valence-corrected chi connectivity index (χ2v) is 8.08. The first-order chi connectivity index (χ1) is 9.30. The number of amides is 1. The molecule has 0 aliphatic heterocycles. The Kier molecular flexibility index (Phi) is 4.02. The predicted molar refractivity (Wildman–Crippen MR) is 82.0 cm³/mol. The maximum atomic E-state index is 11.8. The lowest BCUT2D eigenvalue weighted by Gasteiger charge is -2.05. The molecule has 0 atom stereocenters. The second-order valence-electron chi connectivity index (χ2n) is 4.07. The molecule has 2 rings (SSSR count). The topological polar surface area (TPSA) is 115 Å². The summed E-state index contributed by atoms with van der Waals surface area (Å²) in [5.41, 5.74) is 10.9. The number of nitrogens with two attached hydrogens (primary N) is 2. The van der Waals surface area contributed by atoms with Gasteiger partial charge >= 0.3 is 0 Å². The van der Waals surface area contributed by atoms with Crippen molar-refractivity contribution in [2.45, 2.75) is 11.4 Å². The number of hydrogen-bond donors (Lipinski definition) is 3. The molecule has 0 spiro atoms. The van der Waals surface area contributed by atoms with Crippen molar-refractivity contribution in [2.75, 3.05) is 17.3 Å². The van der Waals surface area contributed by atoms with Gasteiger partial charge in [0.2, 0.25) is 0 Å². The molecular formula is C11H13N3O3S3. The third-order valence-corrected chi connectivity index (χ3v) is 5.85. The summed E-state index contributed by atoms with van der Waals surface area (Å²) in [7, 11) is -3.55. The third-order valence-electron chi connectivity index (χ3n) is 2.50. The van der Waals surface area contributed by atoms with E-state index in [1.807, 2.05) is 17.5 Å². The lowest BCUT2D eigenvalue weighted by Crippen LogP contribution is -2.12. The van der Waals surface area contributed by atoms with Crippen molar-refractivity contribution in [2.24, 2.45) is 5.73 Å². The number of hydrogen-bond acceptors (Lipinski definition) is 7. The first-order valence-corrected chi connectivity index (χ1v) is 9.08. The van der Waals surface area contributed by atoms with Crippen LogP contribution in [0.4, 0.5) is 10.7 Å². The molecule has 0 fully saturated rings. The van der Waals surface area contributed by atoms with Crippen LogP contribution in [0.5, 0.6) is 0 Å². The van der Waals surface area contributed by atoms with Gasteiger partial charge in [-0.05, 0) is 11.4 Å². The summed E-state index contributed by atoms with van der Waals surface area (Å²) in [5.74, 6) is -0.735. The van der Waals surface area contributed by atoms with Gasteiger partial charge in [0.1, 0.15) is 14.8 Å². The van der Waals surface area contributed by atoms with Crippen molar-refractivity contribution in [1.29, 1.82) is 0 Å². The van der Waals surface area contributed by atoms with Gasteiger partial charge in [0.25, 0.3) is 5.91 Å². The van der Waals surface area contributed by atoms with E-state index in [1.165, 1.54) is 0 Å². The van der Waals surface area contributed by atoms with Gasteiger partial charge in [-0.2, -0.15) is 0 Å². The van der Waals surface area contributed by atoms with Crippen LogP contribution in [0.25, 0.3) is 0 Å². The van der Waals surface area contributed by atoms with Crippen LogP contribution < -0.4 is 16.8 Å². The van der Waals surface area contributed by atoms with Crippen molar-refractivity contribution in [3.63, 3.8) is 0 Å². The molecule has 2 aromatic heterocycles. The highest BCUT2D eigenvalue weighted by molar-refractivity contribution is 7.91. The van der Waals surface area contributed by atoms with E-state index in [-0.39, 0.29) is 15.5 Å². The van der Waals surface area contributed by atoms with Gasteiger partial charge in [-0.1, -0.05) is 6.07 Å². The largest absolute Gasteiger partial charge is 0.396 e. The van der Waals surface area contributed by atoms with Gasteiger partial charge in [-0.25, -0.2) is 8.42 Å². The standard InChI is InChI=1S/C11H13N3O3S3/c1-20(16,17)9-7(12)8(10(13)15)19-11(9)14-5-6-3-2-4-18-6/h2-4,14H,5,12H2,1H3,(H2,13,15). The summed E-state index contributed by atoms with van der Waals surface area (Å²) in [6.45, 7) is 0.457. The fourth-order valence-electron chi connectivity index (χ4n) is 1.68. The second kappa shape index (κ2) is 5.43. The van der Waals surface area contributed by atoms with Gasteiger partial charge in [0, 0.05) is 11.1 Å². The Morgan fingerprint density at radius 2 is 2.15 bits per heavy atom. The summed E-state index contributed by atoms with van der Waals surface area (Å²) < 4.78 is 23.6. The summed E-state index contributed by atoms with van der Waals surface area (Å²) in [5, 5.41) is 5.26. The smallest absolute Gasteiger partial charge is 0.261 e. The summed E-state index contributed by atoms with van der Waals surface area (Å²) in [6, 6.07) is 3.82. The van der Waals surface area contributed by atoms with Gasteiger partial charge in [-0.3, -0.25) is 4.79 Å². The van der Waals surface area contributed by atoms with Crippen LogP contribution in [0.15, 0.2) is 22.4 Å². The molecule has 2 aromatic rings. The Bertz CT molecular complexity index is 733. The number of primary amides is 1. The first kappa shape index (κ1) is 14.8. The lowest BCUT2D eigenvalue weighted by molar-refractivity contribution is 0.100. The molecule has 0 saturated carbocycles. The van der Waals surface area contributed by atoms with E-state index in [0.717, 1.165) is 22.5 Å². The average Bonchev–Trinajstić information content (AvgIpc) is 2.92. The van der Waals surface area contributed by atoms with E-state index in [9.17, 15) is 13.2 Å². The molecule has 108 valence electrons. The van der Waals surface area contributed by atoms with Gasteiger partial charge in [0.15, 0.2) is 9.84 Å². The van der Waals surface area contributed by atoms with Gasteiger partial charge in [0.05, 0.1) is 12.2 Å². The monoisotopic (exact) mass is 331 g/mol.